The summed E-state index contributed by atoms with van der Waals surface area (Å²) in [6, 6.07) is 3.91. The van der Waals surface area contributed by atoms with Gasteiger partial charge in [-0.25, -0.2) is 0 Å². The lowest BCUT2D eigenvalue weighted by atomic mass is 9.89. The van der Waals surface area contributed by atoms with E-state index in [1.165, 1.54) is 36.8 Å². The molecule has 0 radical (unpaired) electrons. The van der Waals surface area contributed by atoms with Gasteiger partial charge < -0.3 is 0 Å². The van der Waals surface area contributed by atoms with E-state index < -0.39 is 0 Å². The molecule has 0 saturated carbocycles. The van der Waals surface area contributed by atoms with E-state index in [9.17, 15) is 0 Å². The van der Waals surface area contributed by atoms with Crippen molar-refractivity contribution in [1.29, 1.82) is 0 Å². The second-order valence-electron chi connectivity index (χ2n) is 4.73. The molecule has 0 bridgehead atoms. The molecule has 0 aromatic heterocycles. The molecule has 1 aromatic rings. The fourth-order valence-electron chi connectivity index (χ4n) is 2.40. The van der Waals surface area contributed by atoms with Crippen LogP contribution in [0, 0.1) is 0 Å². The molecule has 0 atom stereocenters. The first-order chi connectivity index (χ1) is 8.20. The van der Waals surface area contributed by atoms with Crippen LogP contribution in [0.3, 0.4) is 0 Å². The predicted octanol–water partition coefficient (Wildman–Crippen LogP) is 5.60. The van der Waals surface area contributed by atoms with Gasteiger partial charge in [-0.05, 0) is 48.9 Å². The maximum Gasteiger partial charge on any atom is 0.0458 e. The minimum Gasteiger partial charge on any atom is -0.0843 e. The van der Waals surface area contributed by atoms with Gasteiger partial charge in [-0.2, -0.15) is 0 Å². The van der Waals surface area contributed by atoms with E-state index in [4.69, 9.17) is 23.2 Å². The largest absolute Gasteiger partial charge is 0.0843 e. The Kier molecular flexibility index (Phi) is 4.53. The number of halogens is 2. The van der Waals surface area contributed by atoms with Crippen LogP contribution in [0.4, 0.5) is 0 Å². The number of hydrogen-bond donors (Lipinski definition) is 0. The minimum atomic E-state index is 0.753. The van der Waals surface area contributed by atoms with E-state index in [-0.39, 0.29) is 0 Å². The molecule has 1 aliphatic carbocycles. The van der Waals surface area contributed by atoms with Gasteiger partial charge in [0.2, 0.25) is 0 Å². The second-order valence-corrected chi connectivity index (χ2v) is 5.57. The Labute approximate surface area is 114 Å². The molecule has 0 saturated heterocycles. The average Bonchev–Trinajstić information content (AvgIpc) is 2.28. The third-order valence-electron chi connectivity index (χ3n) is 3.37. The van der Waals surface area contributed by atoms with Crippen molar-refractivity contribution in [1.82, 2.24) is 0 Å². The van der Waals surface area contributed by atoms with Crippen LogP contribution in [0.15, 0.2) is 23.8 Å². The molecular formula is C15H18Cl2. The number of allylic oxidation sites excluding steroid dienone is 2. The number of unbranched alkanes of at least 4 members (excludes halogenated alkanes) is 2. The Hall–Kier alpha value is -0.460. The molecule has 0 aliphatic heterocycles. The summed E-state index contributed by atoms with van der Waals surface area (Å²) in [5, 5.41) is 1.57. The number of rotatable bonds is 4. The molecule has 0 fully saturated rings. The van der Waals surface area contributed by atoms with Gasteiger partial charge in [0.05, 0.1) is 0 Å². The zero-order valence-corrected chi connectivity index (χ0v) is 11.7. The van der Waals surface area contributed by atoms with E-state index in [0.717, 1.165) is 22.9 Å². The highest BCUT2D eigenvalue weighted by Crippen LogP contribution is 2.32. The Balaban J connectivity index is 2.08. The molecule has 0 unspecified atom stereocenters. The smallest absolute Gasteiger partial charge is 0.0458 e. The van der Waals surface area contributed by atoms with Crippen LogP contribution < -0.4 is 0 Å². The molecule has 2 rings (SSSR count). The molecule has 0 amide bonds. The summed E-state index contributed by atoms with van der Waals surface area (Å²) in [5.74, 6) is 0. The van der Waals surface area contributed by atoms with Crippen LogP contribution in [0.1, 0.15) is 43.7 Å². The van der Waals surface area contributed by atoms with Crippen molar-refractivity contribution in [2.75, 3.05) is 0 Å². The third kappa shape index (κ3) is 3.26. The summed E-state index contributed by atoms with van der Waals surface area (Å²) in [6.45, 7) is 2.24. The van der Waals surface area contributed by atoms with Gasteiger partial charge in [0.15, 0.2) is 0 Å². The number of hydrogen-bond acceptors (Lipinski definition) is 0. The maximum atomic E-state index is 6.21. The molecule has 17 heavy (non-hydrogen) atoms. The fraction of sp³-hybridized carbons (Fsp3) is 0.467. The van der Waals surface area contributed by atoms with E-state index in [0.29, 0.717) is 0 Å². The lowest BCUT2D eigenvalue weighted by Crippen LogP contribution is -2.04. The molecule has 92 valence electrons. The van der Waals surface area contributed by atoms with Gasteiger partial charge in [-0.1, -0.05) is 54.6 Å². The van der Waals surface area contributed by atoms with Gasteiger partial charge in [0.1, 0.15) is 0 Å². The SMILES string of the molecule is CCCCCC1=CCc2c(Cl)cc(Cl)cc2C1. The lowest BCUT2D eigenvalue weighted by Gasteiger charge is -2.18. The summed E-state index contributed by atoms with van der Waals surface area (Å²) in [5.41, 5.74) is 4.12. The maximum absolute atomic E-state index is 6.21. The first kappa shape index (κ1) is 13.0. The summed E-state index contributed by atoms with van der Waals surface area (Å²) >= 11 is 12.3. The van der Waals surface area contributed by atoms with Crippen molar-refractivity contribution in [3.63, 3.8) is 0 Å². The fourth-order valence-corrected chi connectivity index (χ4v) is 3.01. The van der Waals surface area contributed by atoms with Crippen LogP contribution >= 0.6 is 23.2 Å². The minimum absolute atomic E-state index is 0.753. The monoisotopic (exact) mass is 268 g/mol. The van der Waals surface area contributed by atoms with Crippen LogP contribution in [-0.4, -0.2) is 0 Å². The quantitative estimate of drug-likeness (QED) is 0.493. The first-order valence-corrected chi connectivity index (χ1v) is 7.11. The average molecular weight is 269 g/mol. The van der Waals surface area contributed by atoms with Crippen molar-refractivity contribution >= 4 is 23.2 Å². The van der Waals surface area contributed by atoms with Crippen LogP contribution in [0.25, 0.3) is 0 Å². The van der Waals surface area contributed by atoms with Gasteiger partial charge in [0.25, 0.3) is 0 Å². The molecule has 1 aromatic carbocycles. The van der Waals surface area contributed by atoms with Crippen molar-refractivity contribution in [2.45, 2.75) is 45.4 Å². The number of benzene rings is 1. The van der Waals surface area contributed by atoms with Crippen LogP contribution in [-0.2, 0) is 12.8 Å². The summed E-state index contributed by atoms with van der Waals surface area (Å²) in [7, 11) is 0. The van der Waals surface area contributed by atoms with Crippen molar-refractivity contribution < 1.29 is 0 Å². The molecule has 0 N–H and O–H groups in total. The zero-order valence-electron chi connectivity index (χ0n) is 10.2. The Bertz CT molecular complexity index is 433. The highest BCUT2D eigenvalue weighted by Gasteiger charge is 2.14. The Morgan fingerprint density at radius 1 is 1.18 bits per heavy atom. The predicted molar refractivity (Wildman–Crippen MR) is 76.1 cm³/mol. The van der Waals surface area contributed by atoms with E-state index in [1.807, 2.05) is 6.07 Å². The lowest BCUT2D eigenvalue weighted by molar-refractivity contribution is 0.700. The highest BCUT2D eigenvalue weighted by atomic mass is 35.5. The van der Waals surface area contributed by atoms with Gasteiger partial charge in [-0.15, -0.1) is 0 Å². The zero-order chi connectivity index (χ0) is 12.3. The highest BCUT2D eigenvalue weighted by molar-refractivity contribution is 6.35. The summed E-state index contributed by atoms with van der Waals surface area (Å²) in [6.07, 6.45) is 9.45. The van der Waals surface area contributed by atoms with Crippen LogP contribution in [0.5, 0.6) is 0 Å². The standard InChI is InChI=1S/C15H18Cl2/c1-2-3-4-5-11-6-7-14-12(8-11)9-13(16)10-15(14)17/h6,9-10H,2-5,7-8H2,1H3. The van der Waals surface area contributed by atoms with Crippen LogP contribution in [0.2, 0.25) is 10.0 Å². The molecule has 0 heterocycles. The van der Waals surface area contributed by atoms with Crippen molar-refractivity contribution in [3.8, 4) is 0 Å². The molecule has 1 aliphatic rings. The Morgan fingerprint density at radius 3 is 2.76 bits per heavy atom. The summed E-state index contributed by atoms with van der Waals surface area (Å²) in [4.78, 5) is 0. The van der Waals surface area contributed by atoms with Crippen molar-refractivity contribution in [3.05, 3.63) is 45.0 Å². The molecular weight excluding hydrogens is 251 g/mol. The van der Waals surface area contributed by atoms with E-state index >= 15 is 0 Å². The van der Waals surface area contributed by atoms with Gasteiger partial charge in [0, 0.05) is 10.0 Å². The Morgan fingerprint density at radius 2 is 2.00 bits per heavy atom. The topological polar surface area (TPSA) is 0 Å². The normalized spacial score (nSPS) is 14.4. The van der Waals surface area contributed by atoms with Crippen molar-refractivity contribution in [2.24, 2.45) is 0 Å². The third-order valence-corrected chi connectivity index (χ3v) is 3.92. The summed E-state index contributed by atoms with van der Waals surface area (Å²) < 4.78 is 0. The first-order valence-electron chi connectivity index (χ1n) is 6.35. The molecule has 0 nitrogen and oxygen atoms in total. The number of fused-ring (bicyclic) bond motifs is 1. The van der Waals surface area contributed by atoms with E-state index in [1.54, 1.807) is 5.57 Å². The van der Waals surface area contributed by atoms with E-state index in [2.05, 4.69) is 19.1 Å². The molecule has 2 heteroatoms. The van der Waals surface area contributed by atoms with Gasteiger partial charge >= 0.3 is 0 Å². The van der Waals surface area contributed by atoms with Gasteiger partial charge in [-0.3, -0.25) is 0 Å². The molecule has 0 spiro atoms. The second kappa shape index (κ2) is 5.93.